The van der Waals surface area contributed by atoms with E-state index in [2.05, 4.69) is 10.2 Å². The average Bonchev–Trinajstić information content (AvgIpc) is 2.70. The molecule has 3 rings (SSSR count). The number of rotatable bonds is 6. The second-order valence-electron chi connectivity index (χ2n) is 6.75. The molecule has 5 nitrogen and oxygen atoms in total. The SMILES string of the molecule is Cc1ccc(NC(=O)CSCC(=O)N2CCN(c3ccc(F)cc3)CC2)cc1. The van der Waals surface area contributed by atoms with Crippen molar-refractivity contribution in [2.24, 2.45) is 0 Å². The summed E-state index contributed by atoms with van der Waals surface area (Å²) in [5, 5.41) is 2.83. The number of piperazine rings is 1. The average molecular weight is 402 g/mol. The molecule has 1 aliphatic heterocycles. The van der Waals surface area contributed by atoms with Crippen molar-refractivity contribution in [3.8, 4) is 0 Å². The van der Waals surface area contributed by atoms with Crippen LogP contribution in [-0.4, -0.2) is 54.4 Å². The third kappa shape index (κ3) is 5.73. The summed E-state index contributed by atoms with van der Waals surface area (Å²) in [6.45, 7) is 4.69. The molecule has 0 unspecified atom stereocenters. The van der Waals surface area contributed by atoms with Gasteiger partial charge in [0.2, 0.25) is 11.8 Å². The second kappa shape index (κ2) is 9.59. The van der Waals surface area contributed by atoms with Crippen LogP contribution in [0, 0.1) is 12.7 Å². The number of amides is 2. The van der Waals surface area contributed by atoms with Crippen LogP contribution in [0.3, 0.4) is 0 Å². The van der Waals surface area contributed by atoms with Gasteiger partial charge in [-0.2, -0.15) is 0 Å². The highest BCUT2D eigenvalue weighted by atomic mass is 32.2. The van der Waals surface area contributed by atoms with Crippen LogP contribution in [0.4, 0.5) is 15.8 Å². The van der Waals surface area contributed by atoms with Crippen LogP contribution in [0.15, 0.2) is 48.5 Å². The molecule has 1 fully saturated rings. The topological polar surface area (TPSA) is 52.7 Å². The zero-order valence-corrected chi connectivity index (χ0v) is 16.7. The molecule has 28 heavy (non-hydrogen) atoms. The summed E-state index contributed by atoms with van der Waals surface area (Å²) in [5.74, 6) is 0.225. The molecule has 1 aliphatic rings. The molecular formula is C21H24FN3O2S. The number of nitrogens with one attached hydrogen (secondary N) is 1. The summed E-state index contributed by atoms with van der Waals surface area (Å²) in [6, 6.07) is 14.0. The van der Waals surface area contributed by atoms with E-state index in [4.69, 9.17) is 0 Å². The molecule has 0 atom stereocenters. The molecule has 0 bridgehead atoms. The van der Waals surface area contributed by atoms with E-state index < -0.39 is 0 Å². The van der Waals surface area contributed by atoms with Crippen molar-refractivity contribution in [1.82, 2.24) is 4.90 Å². The van der Waals surface area contributed by atoms with E-state index in [9.17, 15) is 14.0 Å². The van der Waals surface area contributed by atoms with Crippen LogP contribution < -0.4 is 10.2 Å². The van der Waals surface area contributed by atoms with Crippen LogP contribution in [0.1, 0.15) is 5.56 Å². The van der Waals surface area contributed by atoms with Crippen molar-refractivity contribution in [1.29, 1.82) is 0 Å². The van der Waals surface area contributed by atoms with Gasteiger partial charge in [0.05, 0.1) is 11.5 Å². The molecule has 1 heterocycles. The van der Waals surface area contributed by atoms with Crippen molar-refractivity contribution >= 4 is 35.0 Å². The lowest BCUT2D eigenvalue weighted by Crippen LogP contribution is -2.49. The van der Waals surface area contributed by atoms with Crippen molar-refractivity contribution in [3.63, 3.8) is 0 Å². The summed E-state index contributed by atoms with van der Waals surface area (Å²) in [6.07, 6.45) is 0. The van der Waals surface area contributed by atoms with Crippen LogP contribution >= 0.6 is 11.8 Å². The molecule has 2 amide bonds. The molecule has 1 saturated heterocycles. The number of carbonyl (C=O) groups excluding carboxylic acids is 2. The van der Waals surface area contributed by atoms with Crippen LogP contribution in [-0.2, 0) is 9.59 Å². The highest BCUT2D eigenvalue weighted by Gasteiger charge is 2.21. The number of thioether (sulfide) groups is 1. The fourth-order valence-corrected chi connectivity index (χ4v) is 3.74. The first-order valence-corrected chi connectivity index (χ1v) is 10.4. The summed E-state index contributed by atoms with van der Waals surface area (Å²) in [5.41, 5.74) is 2.87. The first kappa shape index (κ1) is 20.2. The van der Waals surface area contributed by atoms with Crippen molar-refractivity contribution in [2.45, 2.75) is 6.92 Å². The number of halogens is 1. The van der Waals surface area contributed by atoms with E-state index in [-0.39, 0.29) is 29.1 Å². The fraction of sp³-hybridized carbons (Fsp3) is 0.333. The van der Waals surface area contributed by atoms with Crippen LogP contribution in [0.25, 0.3) is 0 Å². The standard InChI is InChI=1S/C21H24FN3O2S/c1-16-2-6-18(7-3-16)23-20(26)14-28-15-21(27)25-12-10-24(11-13-25)19-8-4-17(22)5-9-19/h2-9H,10-15H2,1H3,(H,23,26). The molecule has 1 N–H and O–H groups in total. The normalized spacial score (nSPS) is 14.1. The Morgan fingerprint density at radius 1 is 0.964 bits per heavy atom. The lowest BCUT2D eigenvalue weighted by Gasteiger charge is -2.36. The first-order chi connectivity index (χ1) is 13.5. The smallest absolute Gasteiger partial charge is 0.234 e. The van der Waals surface area contributed by atoms with Gasteiger partial charge in [0.15, 0.2) is 0 Å². The second-order valence-corrected chi connectivity index (χ2v) is 7.74. The fourth-order valence-electron chi connectivity index (χ4n) is 3.02. The summed E-state index contributed by atoms with van der Waals surface area (Å²) in [4.78, 5) is 28.3. The number of carbonyl (C=O) groups is 2. The van der Waals surface area contributed by atoms with Crippen LogP contribution in [0.2, 0.25) is 0 Å². The van der Waals surface area contributed by atoms with Gasteiger partial charge in [0, 0.05) is 37.6 Å². The number of nitrogens with zero attached hydrogens (tertiary/aromatic N) is 2. The highest BCUT2D eigenvalue weighted by Crippen LogP contribution is 2.17. The first-order valence-electron chi connectivity index (χ1n) is 9.24. The van der Waals surface area contributed by atoms with E-state index in [1.165, 1.54) is 23.9 Å². The van der Waals surface area contributed by atoms with Crippen LogP contribution in [0.5, 0.6) is 0 Å². The van der Waals surface area contributed by atoms with Crippen molar-refractivity contribution in [2.75, 3.05) is 47.9 Å². The predicted octanol–water partition coefficient (Wildman–Crippen LogP) is 3.15. The Balaban J connectivity index is 1.37. The molecule has 0 aromatic heterocycles. The molecule has 0 spiro atoms. The van der Waals surface area contributed by atoms with Crippen molar-refractivity contribution in [3.05, 3.63) is 59.9 Å². The summed E-state index contributed by atoms with van der Waals surface area (Å²) >= 11 is 1.33. The number of hydrogen-bond acceptors (Lipinski definition) is 4. The molecule has 0 saturated carbocycles. The van der Waals surface area contributed by atoms with Gasteiger partial charge in [-0.1, -0.05) is 17.7 Å². The highest BCUT2D eigenvalue weighted by molar-refractivity contribution is 8.00. The third-order valence-electron chi connectivity index (χ3n) is 4.62. The lowest BCUT2D eigenvalue weighted by atomic mass is 10.2. The van der Waals surface area contributed by atoms with E-state index in [1.807, 2.05) is 36.1 Å². The van der Waals surface area contributed by atoms with Gasteiger partial charge >= 0.3 is 0 Å². The minimum absolute atomic E-state index is 0.0480. The number of aryl methyl sites for hydroxylation is 1. The molecule has 0 radical (unpaired) electrons. The number of benzene rings is 2. The van der Waals surface area contributed by atoms with Gasteiger partial charge in [-0.3, -0.25) is 9.59 Å². The Labute approximate surface area is 168 Å². The Hall–Kier alpha value is -2.54. The van der Waals surface area contributed by atoms with Gasteiger partial charge < -0.3 is 15.1 Å². The molecular weight excluding hydrogens is 377 g/mol. The molecule has 2 aromatic carbocycles. The zero-order valence-electron chi connectivity index (χ0n) is 15.9. The maximum Gasteiger partial charge on any atom is 0.234 e. The Kier molecular flexibility index (Phi) is 6.92. The summed E-state index contributed by atoms with van der Waals surface area (Å²) in [7, 11) is 0. The van der Waals surface area contributed by atoms with Gasteiger partial charge in [-0.05, 0) is 43.3 Å². The Bertz CT molecular complexity index is 803. The van der Waals surface area contributed by atoms with E-state index in [0.29, 0.717) is 13.1 Å². The molecule has 7 heteroatoms. The van der Waals surface area contributed by atoms with Crippen molar-refractivity contribution < 1.29 is 14.0 Å². The van der Waals surface area contributed by atoms with Gasteiger partial charge in [-0.25, -0.2) is 4.39 Å². The molecule has 0 aliphatic carbocycles. The minimum atomic E-state index is -0.249. The summed E-state index contributed by atoms with van der Waals surface area (Å²) < 4.78 is 13.0. The van der Waals surface area contributed by atoms with Gasteiger partial charge in [0.1, 0.15) is 5.82 Å². The Morgan fingerprint density at radius 2 is 1.61 bits per heavy atom. The predicted molar refractivity (Wildman–Crippen MR) is 112 cm³/mol. The lowest BCUT2D eigenvalue weighted by molar-refractivity contribution is -0.128. The Morgan fingerprint density at radius 3 is 2.25 bits per heavy atom. The maximum atomic E-state index is 13.0. The number of anilines is 2. The van der Waals surface area contributed by atoms with Gasteiger partial charge in [-0.15, -0.1) is 11.8 Å². The molecule has 2 aromatic rings. The molecule has 148 valence electrons. The van der Waals surface area contributed by atoms with E-state index >= 15 is 0 Å². The van der Waals surface area contributed by atoms with E-state index in [0.717, 1.165) is 30.0 Å². The maximum absolute atomic E-state index is 13.0. The largest absolute Gasteiger partial charge is 0.368 e. The number of hydrogen-bond donors (Lipinski definition) is 1. The van der Waals surface area contributed by atoms with Gasteiger partial charge in [0.25, 0.3) is 0 Å². The van der Waals surface area contributed by atoms with E-state index in [1.54, 1.807) is 12.1 Å². The third-order valence-corrected chi connectivity index (χ3v) is 5.54. The zero-order chi connectivity index (χ0) is 19.9. The quantitative estimate of drug-likeness (QED) is 0.808. The monoisotopic (exact) mass is 401 g/mol. The minimum Gasteiger partial charge on any atom is -0.368 e.